The molecule has 4 fully saturated rings. The molecule has 2 saturated carbocycles. The zero-order valence-corrected chi connectivity index (χ0v) is 17.8. The second-order valence-electron chi connectivity index (χ2n) is 10.2. The molecule has 0 aromatic heterocycles. The highest BCUT2D eigenvalue weighted by molar-refractivity contribution is 6.44. The molecule has 2 aliphatic heterocycles. The molecule has 4 aliphatic rings. The highest BCUT2D eigenvalue weighted by Gasteiger charge is 2.49. The van der Waals surface area contributed by atoms with E-state index < -0.39 is 7.12 Å². The molecule has 6 unspecified atom stereocenters. The Labute approximate surface area is 176 Å². The molecule has 0 bridgehead atoms. The summed E-state index contributed by atoms with van der Waals surface area (Å²) in [5.74, 6) is 2.21. The van der Waals surface area contributed by atoms with Crippen LogP contribution in [0.25, 0.3) is 0 Å². The maximum absolute atomic E-state index is 13.4. The van der Waals surface area contributed by atoms with Crippen molar-refractivity contribution in [1.29, 1.82) is 0 Å². The van der Waals surface area contributed by atoms with E-state index in [9.17, 15) is 14.8 Å². The molecule has 2 heterocycles. The Morgan fingerprint density at radius 3 is 2.45 bits per heavy atom. The van der Waals surface area contributed by atoms with Gasteiger partial charge in [-0.1, -0.05) is 12.8 Å². The summed E-state index contributed by atoms with van der Waals surface area (Å²) in [7, 11) is -1.42. The second-order valence-corrected chi connectivity index (χ2v) is 10.2. The van der Waals surface area contributed by atoms with Gasteiger partial charge in [0.1, 0.15) is 0 Å². The zero-order chi connectivity index (χ0) is 20.4. The Bertz CT molecular complexity index is 555. The number of hydrogen-bond donors (Lipinski definition) is 4. The van der Waals surface area contributed by atoms with Crippen LogP contribution in [-0.2, 0) is 4.79 Å². The first-order chi connectivity index (χ1) is 14.1. The highest BCUT2D eigenvalue weighted by atomic mass is 16.4. The molecular formula is C22H40BN3O3. The van der Waals surface area contributed by atoms with E-state index >= 15 is 0 Å². The summed E-state index contributed by atoms with van der Waals surface area (Å²) in [5.41, 5.74) is 5.92. The summed E-state index contributed by atoms with van der Waals surface area (Å²) < 4.78 is 0. The largest absolute Gasteiger partial charge is 0.457 e. The van der Waals surface area contributed by atoms with Crippen molar-refractivity contribution in [3.63, 3.8) is 0 Å². The molecule has 2 aliphatic carbocycles. The minimum atomic E-state index is -1.42. The minimum absolute atomic E-state index is 0.0689. The van der Waals surface area contributed by atoms with Gasteiger partial charge in [-0.3, -0.25) is 4.79 Å². The van der Waals surface area contributed by atoms with Crippen LogP contribution in [0.1, 0.15) is 64.2 Å². The predicted octanol–water partition coefficient (Wildman–Crippen LogP) is 1.61. The number of amides is 1. The SMILES string of the molecule is NCC1CCCC(C2CCN(C(=O)C3CCC4CCCNC4C3B(O)O)CC2)C1. The van der Waals surface area contributed by atoms with E-state index in [0.29, 0.717) is 11.8 Å². The van der Waals surface area contributed by atoms with Crippen molar-refractivity contribution in [1.82, 2.24) is 10.2 Å². The first-order valence-corrected chi connectivity index (χ1v) is 12.2. The van der Waals surface area contributed by atoms with Gasteiger partial charge in [-0.2, -0.15) is 0 Å². The molecule has 7 heteroatoms. The van der Waals surface area contributed by atoms with Crippen molar-refractivity contribution in [3.05, 3.63) is 0 Å². The van der Waals surface area contributed by atoms with Crippen LogP contribution in [0, 0.1) is 29.6 Å². The van der Waals surface area contributed by atoms with Crippen molar-refractivity contribution in [2.45, 2.75) is 76.1 Å². The van der Waals surface area contributed by atoms with Crippen LogP contribution < -0.4 is 11.1 Å². The lowest BCUT2D eigenvalue weighted by molar-refractivity contribution is -0.139. The third kappa shape index (κ3) is 4.68. The van der Waals surface area contributed by atoms with Crippen LogP contribution in [0.2, 0.25) is 5.82 Å². The maximum atomic E-state index is 13.4. The van der Waals surface area contributed by atoms with Gasteiger partial charge < -0.3 is 26.0 Å². The zero-order valence-electron chi connectivity index (χ0n) is 17.8. The average molecular weight is 405 g/mol. The van der Waals surface area contributed by atoms with Crippen LogP contribution in [0.4, 0.5) is 0 Å². The lowest BCUT2D eigenvalue weighted by Gasteiger charge is -2.47. The van der Waals surface area contributed by atoms with Crippen LogP contribution in [-0.4, -0.2) is 60.2 Å². The van der Waals surface area contributed by atoms with Crippen LogP contribution in [0.5, 0.6) is 0 Å². The second kappa shape index (κ2) is 9.67. The molecule has 0 spiro atoms. The van der Waals surface area contributed by atoms with Gasteiger partial charge in [-0.15, -0.1) is 0 Å². The number of nitrogens with one attached hydrogen (secondary N) is 1. The summed E-state index contributed by atoms with van der Waals surface area (Å²) in [6, 6.07) is 0.0689. The Hall–Kier alpha value is -0.625. The van der Waals surface area contributed by atoms with Gasteiger partial charge in [0.15, 0.2) is 0 Å². The predicted molar refractivity (Wildman–Crippen MR) is 115 cm³/mol. The van der Waals surface area contributed by atoms with E-state index in [1.165, 1.54) is 25.7 Å². The number of carbonyl (C=O) groups excluding carboxylic acids is 1. The van der Waals surface area contributed by atoms with Gasteiger partial charge in [-0.25, -0.2) is 0 Å². The monoisotopic (exact) mass is 405 g/mol. The molecule has 5 N–H and O–H groups in total. The quantitative estimate of drug-likeness (QED) is 0.533. The maximum Gasteiger partial charge on any atom is 0.457 e. The minimum Gasteiger partial charge on any atom is -0.427 e. The van der Waals surface area contributed by atoms with E-state index in [0.717, 1.165) is 76.5 Å². The lowest BCUT2D eigenvalue weighted by Crippen LogP contribution is -2.56. The molecule has 4 rings (SSSR count). The summed E-state index contributed by atoms with van der Waals surface area (Å²) >= 11 is 0. The Balaban J connectivity index is 1.35. The van der Waals surface area contributed by atoms with Crippen molar-refractivity contribution < 1.29 is 14.8 Å². The molecule has 29 heavy (non-hydrogen) atoms. The molecule has 2 saturated heterocycles. The fourth-order valence-electron chi connectivity index (χ4n) is 7.07. The summed E-state index contributed by atoms with van der Waals surface area (Å²) in [6.07, 6.45) is 11.5. The Morgan fingerprint density at radius 1 is 0.966 bits per heavy atom. The first kappa shape index (κ1) is 21.6. The van der Waals surface area contributed by atoms with Gasteiger partial charge in [0, 0.05) is 30.9 Å². The van der Waals surface area contributed by atoms with E-state index in [4.69, 9.17) is 5.73 Å². The molecular weight excluding hydrogens is 365 g/mol. The summed E-state index contributed by atoms with van der Waals surface area (Å²) in [5, 5.41) is 23.8. The third-order valence-corrected chi connectivity index (χ3v) is 8.70. The number of hydrogen-bond acceptors (Lipinski definition) is 5. The topological polar surface area (TPSA) is 98.8 Å². The van der Waals surface area contributed by atoms with E-state index in [1.54, 1.807) is 0 Å². The number of nitrogens with two attached hydrogens (primary N) is 1. The van der Waals surface area contributed by atoms with Crippen molar-refractivity contribution >= 4 is 13.0 Å². The molecule has 164 valence electrons. The standard InChI is InChI=1S/C22H40BN3O3/c24-14-15-3-1-4-18(13-15)16-8-11-26(12-9-16)22(27)19-7-6-17-5-2-10-25-21(17)20(19)23(28)29/h15-21,25,28-29H,1-14,24H2. The summed E-state index contributed by atoms with van der Waals surface area (Å²) in [4.78, 5) is 15.4. The lowest BCUT2D eigenvalue weighted by atomic mass is 9.53. The molecule has 6 atom stereocenters. The summed E-state index contributed by atoms with van der Waals surface area (Å²) in [6.45, 7) is 3.40. The van der Waals surface area contributed by atoms with Gasteiger partial charge in [0.25, 0.3) is 0 Å². The Morgan fingerprint density at radius 2 is 1.72 bits per heavy atom. The number of likely N-dealkylation sites (tertiary alicyclic amines) is 1. The normalized spacial score (nSPS) is 39.1. The molecule has 1 amide bonds. The molecule has 0 aromatic carbocycles. The highest BCUT2D eigenvalue weighted by Crippen LogP contribution is 2.44. The van der Waals surface area contributed by atoms with Crippen molar-refractivity contribution in [2.75, 3.05) is 26.2 Å². The van der Waals surface area contributed by atoms with E-state index in [-0.39, 0.29) is 23.7 Å². The molecule has 6 nitrogen and oxygen atoms in total. The van der Waals surface area contributed by atoms with Crippen molar-refractivity contribution in [3.8, 4) is 0 Å². The van der Waals surface area contributed by atoms with Gasteiger partial charge in [0.2, 0.25) is 5.91 Å². The van der Waals surface area contributed by atoms with E-state index in [1.807, 2.05) is 4.90 Å². The Kier molecular flexibility index (Phi) is 7.20. The first-order valence-electron chi connectivity index (χ1n) is 12.2. The molecule has 0 radical (unpaired) electrons. The number of piperidine rings is 2. The van der Waals surface area contributed by atoms with Gasteiger partial charge in [0.05, 0.1) is 0 Å². The van der Waals surface area contributed by atoms with Crippen LogP contribution >= 0.6 is 0 Å². The number of nitrogens with zero attached hydrogens (tertiary/aromatic N) is 1. The number of carbonyl (C=O) groups is 1. The average Bonchev–Trinajstić information content (AvgIpc) is 2.77. The van der Waals surface area contributed by atoms with E-state index in [2.05, 4.69) is 5.32 Å². The van der Waals surface area contributed by atoms with Crippen LogP contribution in [0.3, 0.4) is 0 Å². The third-order valence-electron chi connectivity index (χ3n) is 8.70. The smallest absolute Gasteiger partial charge is 0.427 e. The van der Waals surface area contributed by atoms with Crippen LogP contribution in [0.15, 0.2) is 0 Å². The van der Waals surface area contributed by atoms with Crippen molar-refractivity contribution in [2.24, 2.45) is 35.3 Å². The molecule has 0 aromatic rings. The number of fused-ring (bicyclic) bond motifs is 1. The van der Waals surface area contributed by atoms with Gasteiger partial charge >= 0.3 is 7.12 Å². The fourth-order valence-corrected chi connectivity index (χ4v) is 7.07. The van der Waals surface area contributed by atoms with Gasteiger partial charge in [-0.05, 0) is 88.1 Å². The fraction of sp³-hybridized carbons (Fsp3) is 0.955. The number of rotatable bonds is 4.